The summed E-state index contributed by atoms with van der Waals surface area (Å²) >= 11 is 0. The highest BCUT2D eigenvalue weighted by molar-refractivity contribution is 6.04. The van der Waals surface area contributed by atoms with E-state index in [4.69, 9.17) is 4.74 Å². The van der Waals surface area contributed by atoms with Gasteiger partial charge in [0.25, 0.3) is 5.91 Å². The molecular weight excluding hydrogens is 318 g/mol. The number of rotatable bonds is 4. The fourth-order valence-electron chi connectivity index (χ4n) is 2.69. The number of nitrogens with one attached hydrogen (secondary N) is 2. The molecule has 25 heavy (non-hydrogen) atoms. The van der Waals surface area contributed by atoms with Gasteiger partial charge in [0.2, 0.25) is 5.91 Å². The van der Waals surface area contributed by atoms with Crippen molar-refractivity contribution in [1.29, 1.82) is 0 Å². The van der Waals surface area contributed by atoms with E-state index in [2.05, 4.69) is 15.5 Å². The lowest BCUT2D eigenvalue weighted by Gasteiger charge is -2.28. The second-order valence-electron chi connectivity index (χ2n) is 5.86. The molecule has 2 aromatic carbocycles. The average Bonchev–Trinajstić information content (AvgIpc) is 2.63. The Morgan fingerprint density at radius 3 is 2.04 bits per heavy atom. The molecule has 0 bridgehead atoms. The first kappa shape index (κ1) is 17.0. The molecule has 1 fully saturated rings. The molecular formula is C19H21N3O3. The van der Waals surface area contributed by atoms with Crippen molar-refractivity contribution in [3.63, 3.8) is 0 Å². The number of hydrogen-bond donors (Lipinski definition) is 2. The van der Waals surface area contributed by atoms with E-state index in [0.29, 0.717) is 11.3 Å². The molecule has 0 aliphatic carbocycles. The quantitative estimate of drug-likeness (QED) is 0.898. The van der Waals surface area contributed by atoms with Gasteiger partial charge in [-0.2, -0.15) is 0 Å². The van der Waals surface area contributed by atoms with Gasteiger partial charge in [0.1, 0.15) is 0 Å². The first-order valence-electron chi connectivity index (χ1n) is 8.23. The van der Waals surface area contributed by atoms with Crippen LogP contribution in [-0.4, -0.2) is 38.1 Å². The van der Waals surface area contributed by atoms with Crippen molar-refractivity contribution < 1.29 is 14.3 Å². The second-order valence-corrected chi connectivity index (χ2v) is 5.86. The van der Waals surface area contributed by atoms with Crippen molar-refractivity contribution in [2.45, 2.75) is 6.92 Å². The number of benzene rings is 2. The Bertz CT molecular complexity index is 736. The lowest BCUT2D eigenvalue weighted by atomic mass is 10.2. The molecule has 0 atom stereocenters. The zero-order valence-electron chi connectivity index (χ0n) is 14.1. The number of anilines is 3. The zero-order valence-corrected chi connectivity index (χ0v) is 14.1. The predicted molar refractivity (Wildman–Crippen MR) is 98.2 cm³/mol. The van der Waals surface area contributed by atoms with E-state index < -0.39 is 0 Å². The molecule has 0 aromatic heterocycles. The molecule has 1 aliphatic rings. The minimum atomic E-state index is -0.187. The predicted octanol–water partition coefficient (Wildman–Crippen LogP) is 2.73. The third-order valence-electron chi connectivity index (χ3n) is 3.97. The standard InChI is InChI=1S/C19H21N3O3/c1-14(23)20-16-4-2-15(3-5-16)19(24)21-17-6-8-18(9-7-17)22-10-12-25-13-11-22/h2-9H,10-13H2,1H3,(H,20,23)(H,21,24). The van der Waals surface area contributed by atoms with E-state index in [1.165, 1.54) is 6.92 Å². The van der Waals surface area contributed by atoms with E-state index in [0.717, 1.165) is 37.7 Å². The molecule has 2 aromatic rings. The molecule has 2 N–H and O–H groups in total. The first-order chi connectivity index (χ1) is 12.1. The largest absolute Gasteiger partial charge is 0.378 e. The van der Waals surface area contributed by atoms with Crippen molar-refractivity contribution in [3.05, 3.63) is 54.1 Å². The Morgan fingerprint density at radius 2 is 1.44 bits per heavy atom. The van der Waals surface area contributed by atoms with Gasteiger partial charge in [0.15, 0.2) is 0 Å². The van der Waals surface area contributed by atoms with Crippen molar-refractivity contribution >= 4 is 28.9 Å². The number of carbonyl (C=O) groups excluding carboxylic acids is 2. The summed E-state index contributed by atoms with van der Waals surface area (Å²) in [5.74, 6) is -0.328. The number of nitrogens with zero attached hydrogens (tertiary/aromatic N) is 1. The molecule has 3 rings (SSSR count). The van der Waals surface area contributed by atoms with Crippen LogP contribution in [0.25, 0.3) is 0 Å². The van der Waals surface area contributed by atoms with Gasteiger partial charge in [-0.05, 0) is 48.5 Å². The van der Waals surface area contributed by atoms with E-state index >= 15 is 0 Å². The van der Waals surface area contributed by atoms with Crippen LogP contribution in [0.5, 0.6) is 0 Å². The molecule has 2 amide bonds. The number of morpholine rings is 1. The lowest BCUT2D eigenvalue weighted by Crippen LogP contribution is -2.36. The van der Waals surface area contributed by atoms with Gasteiger partial charge < -0.3 is 20.3 Å². The topological polar surface area (TPSA) is 70.7 Å². The van der Waals surface area contributed by atoms with Gasteiger partial charge >= 0.3 is 0 Å². The number of hydrogen-bond acceptors (Lipinski definition) is 4. The van der Waals surface area contributed by atoms with Crippen molar-refractivity contribution in [3.8, 4) is 0 Å². The summed E-state index contributed by atoms with van der Waals surface area (Å²) in [6.07, 6.45) is 0. The maximum absolute atomic E-state index is 12.3. The van der Waals surface area contributed by atoms with Crippen LogP contribution in [-0.2, 0) is 9.53 Å². The third kappa shape index (κ3) is 4.58. The monoisotopic (exact) mass is 339 g/mol. The Morgan fingerprint density at radius 1 is 0.880 bits per heavy atom. The summed E-state index contributed by atoms with van der Waals surface area (Å²) < 4.78 is 5.35. The normalized spacial score (nSPS) is 14.0. The molecule has 0 spiro atoms. The molecule has 0 unspecified atom stereocenters. The van der Waals surface area contributed by atoms with Crippen LogP contribution in [0.4, 0.5) is 17.1 Å². The van der Waals surface area contributed by atoms with E-state index in [9.17, 15) is 9.59 Å². The summed E-state index contributed by atoms with van der Waals surface area (Å²) in [4.78, 5) is 25.6. The molecule has 0 radical (unpaired) electrons. The molecule has 1 saturated heterocycles. The van der Waals surface area contributed by atoms with Gasteiger partial charge in [-0.1, -0.05) is 0 Å². The minimum absolute atomic E-state index is 0.141. The Kier molecular flexibility index (Phi) is 5.30. The number of amides is 2. The molecule has 130 valence electrons. The molecule has 1 aliphatic heterocycles. The second kappa shape index (κ2) is 7.81. The van der Waals surface area contributed by atoms with Gasteiger partial charge in [0, 0.05) is 42.6 Å². The van der Waals surface area contributed by atoms with Crippen LogP contribution in [0.15, 0.2) is 48.5 Å². The zero-order chi connectivity index (χ0) is 17.6. The summed E-state index contributed by atoms with van der Waals surface area (Å²) in [7, 11) is 0. The number of ether oxygens (including phenoxy) is 1. The Balaban J connectivity index is 1.61. The molecule has 6 nitrogen and oxygen atoms in total. The van der Waals surface area contributed by atoms with Gasteiger partial charge in [-0.15, -0.1) is 0 Å². The smallest absolute Gasteiger partial charge is 0.255 e. The highest BCUT2D eigenvalue weighted by Crippen LogP contribution is 2.20. The lowest BCUT2D eigenvalue weighted by molar-refractivity contribution is -0.114. The summed E-state index contributed by atoms with van der Waals surface area (Å²) in [5, 5.41) is 5.55. The maximum atomic E-state index is 12.3. The number of carbonyl (C=O) groups is 2. The van der Waals surface area contributed by atoms with Crippen LogP contribution in [0, 0.1) is 0 Å². The first-order valence-corrected chi connectivity index (χ1v) is 8.23. The molecule has 1 heterocycles. The van der Waals surface area contributed by atoms with Crippen molar-refractivity contribution in [2.24, 2.45) is 0 Å². The summed E-state index contributed by atoms with van der Waals surface area (Å²) in [6.45, 7) is 4.69. The van der Waals surface area contributed by atoms with Crippen LogP contribution in [0.3, 0.4) is 0 Å². The highest BCUT2D eigenvalue weighted by atomic mass is 16.5. The summed E-state index contributed by atoms with van der Waals surface area (Å²) in [6, 6.07) is 14.6. The Hall–Kier alpha value is -2.86. The molecule has 6 heteroatoms. The third-order valence-corrected chi connectivity index (χ3v) is 3.97. The van der Waals surface area contributed by atoms with Gasteiger partial charge in [-0.25, -0.2) is 0 Å². The highest BCUT2D eigenvalue weighted by Gasteiger charge is 2.11. The van der Waals surface area contributed by atoms with Crippen molar-refractivity contribution in [1.82, 2.24) is 0 Å². The van der Waals surface area contributed by atoms with Gasteiger partial charge in [0.05, 0.1) is 13.2 Å². The fraction of sp³-hybridized carbons (Fsp3) is 0.263. The van der Waals surface area contributed by atoms with Crippen LogP contribution in [0.2, 0.25) is 0 Å². The van der Waals surface area contributed by atoms with E-state index in [1.54, 1.807) is 24.3 Å². The fourth-order valence-corrected chi connectivity index (χ4v) is 2.69. The summed E-state index contributed by atoms with van der Waals surface area (Å²) in [5.41, 5.74) is 3.07. The van der Waals surface area contributed by atoms with Crippen LogP contribution >= 0.6 is 0 Å². The van der Waals surface area contributed by atoms with Gasteiger partial charge in [-0.3, -0.25) is 9.59 Å². The minimum Gasteiger partial charge on any atom is -0.378 e. The average molecular weight is 339 g/mol. The van der Waals surface area contributed by atoms with Crippen LogP contribution in [0.1, 0.15) is 17.3 Å². The van der Waals surface area contributed by atoms with Crippen molar-refractivity contribution in [2.75, 3.05) is 41.8 Å². The SMILES string of the molecule is CC(=O)Nc1ccc(C(=O)Nc2ccc(N3CCOCC3)cc2)cc1. The maximum Gasteiger partial charge on any atom is 0.255 e. The van der Waals surface area contributed by atoms with Crippen LogP contribution < -0.4 is 15.5 Å². The Labute approximate surface area is 146 Å². The molecule has 0 saturated carbocycles. The van der Waals surface area contributed by atoms with E-state index in [-0.39, 0.29) is 11.8 Å². The van der Waals surface area contributed by atoms with E-state index in [1.807, 2.05) is 24.3 Å².